The number of nitrogen functional groups attached to an aromatic ring is 1. The molecule has 0 aliphatic heterocycles. The molecule has 3 N–H and O–H groups in total. The summed E-state index contributed by atoms with van der Waals surface area (Å²) in [6, 6.07) is 18.4. The van der Waals surface area contributed by atoms with E-state index in [9.17, 15) is 0 Å². The average Bonchev–Trinajstić information content (AvgIpc) is 2.33. The highest BCUT2D eigenvalue weighted by Crippen LogP contribution is 2.15. The van der Waals surface area contributed by atoms with E-state index in [1.807, 2.05) is 24.3 Å². The molecule has 0 fully saturated rings. The molecule has 0 aliphatic carbocycles. The third-order valence-electron chi connectivity index (χ3n) is 2.29. The molecule has 0 amide bonds. The zero-order valence-corrected chi connectivity index (χ0v) is 10.3. The highest BCUT2D eigenvalue weighted by molar-refractivity contribution is 5.62. The Balaban J connectivity index is 0.000000357. The van der Waals surface area contributed by atoms with Crippen molar-refractivity contribution in [1.29, 1.82) is 0 Å². The summed E-state index contributed by atoms with van der Waals surface area (Å²) in [7, 11) is 0. The van der Waals surface area contributed by atoms with Crippen molar-refractivity contribution in [3.8, 4) is 0 Å². The van der Waals surface area contributed by atoms with E-state index in [1.54, 1.807) is 0 Å². The van der Waals surface area contributed by atoms with Crippen molar-refractivity contribution in [3.63, 3.8) is 0 Å². The number of anilines is 1. The molecule has 0 spiro atoms. The Morgan fingerprint density at radius 2 is 1.56 bits per heavy atom. The molecule has 2 aromatic rings. The fraction of sp³-hybridized carbons (Fsp3) is 0.133. The Morgan fingerprint density at radius 1 is 1.06 bits per heavy atom. The molecule has 0 aliphatic rings. The molecule has 2 aromatic carbocycles. The third-order valence-corrected chi connectivity index (χ3v) is 2.29. The quantitative estimate of drug-likeness (QED) is 0.797. The largest absolute Gasteiger partial charge is 0.481 e. The zero-order chi connectivity index (χ0) is 13.4. The Morgan fingerprint density at radius 3 is 2.11 bits per heavy atom. The van der Waals surface area contributed by atoms with Crippen molar-refractivity contribution in [3.05, 3.63) is 65.7 Å². The first-order chi connectivity index (χ1) is 8.59. The third kappa shape index (κ3) is 5.16. The van der Waals surface area contributed by atoms with Gasteiger partial charge in [-0.2, -0.15) is 0 Å². The molecule has 94 valence electrons. The van der Waals surface area contributed by atoms with E-state index >= 15 is 0 Å². The lowest BCUT2D eigenvalue weighted by Crippen LogP contribution is -1.94. The van der Waals surface area contributed by atoms with Crippen LogP contribution in [-0.4, -0.2) is 11.1 Å². The van der Waals surface area contributed by atoms with Crippen LogP contribution in [0.2, 0.25) is 0 Å². The highest BCUT2D eigenvalue weighted by Gasteiger charge is 1.98. The van der Waals surface area contributed by atoms with E-state index in [0.29, 0.717) is 0 Å². The summed E-state index contributed by atoms with van der Waals surface area (Å²) in [5.41, 5.74) is 9.23. The minimum absolute atomic E-state index is 0.833. The highest BCUT2D eigenvalue weighted by atomic mass is 16.4. The summed E-state index contributed by atoms with van der Waals surface area (Å²) in [4.78, 5) is 9.00. The van der Waals surface area contributed by atoms with Crippen molar-refractivity contribution in [2.45, 2.75) is 13.3 Å². The van der Waals surface area contributed by atoms with Crippen LogP contribution in [0.1, 0.15) is 18.1 Å². The number of rotatable bonds is 2. The predicted octanol–water partition coefficient (Wildman–Crippen LogP) is 2.95. The van der Waals surface area contributed by atoms with Gasteiger partial charge in [-0.05, 0) is 23.6 Å². The SMILES string of the molecule is CC(=O)O.Nc1ccccc1Cc1ccccc1. The molecule has 3 nitrogen and oxygen atoms in total. The van der Waals surface area contributed by atoms with Crippen LogP contribution in [0.15, 0.2) is 54.6 Å². The summed E-state index contributed by atoms with van der Waals surface area (Å²) in [5, 5.41) is 7.42. The lowest BCUT2D eigenvalue weighted by Gasteiger charge is -2.04. The van der Waals surface area contributed by atoms with Crippen LogP contribution in [0.3, 0.4) is 0 Å². The first kappa shape index (κ1) is 13.8. The minimum Gasteiger partial charge on any atom is -0.481 e. The number of carboxylic acid groups (broad SMARTS) is 1. The van der Waals surface area contributed by atoms with Crippen LogP contribution in [0, 0.1) is 0 Å². The standard InChI is InChI=1S/C13H13N.C2H4O2/c14-13-9-5-4-8-12(13)10-11-6-2-1-3-7-11;1-2(3)4/h1-9H,10,14H2;1H3,(H,3,4). The number of para-hydroxylation sites is 1. The van der Waals surface area contributed by atoms with Crippen LogP contribution in [0.5, 0.6) is 0 Å². The summed E-state index contributed by atoms with van der Waals surface area (Å²) < 4.78 is 0. The number of hydrogen-bond acceptors (Lipinski definition) is 2. The normalized spacial score (nSPS) is 9.17. The Bertz CT molecular complexity index is 491. The molecular formula is C15H17NO2. The maximum atomic E-state index is 9.00. The van der Waals surface area contributed by atoms with E-state index in [0.717, 1.165) is 19.0 Å². The van der Waals surface area contributed by atoms with Gasteiger partial charge in [0, 0.05) is 12.6 Å². The first-order valence-corrected chi connectivity index (χ1v) is 5.66. The van der Waals surface area contributed by atoms with Crippen LogP contribution in [0.25, 0.3) is 0 Å². The van der Waals surface area contributed by atoms with E-state index in [4.69, 9.17) is 15.6 Å². The Kier molecular flexibility index (Phi) is 5.45. The second kappa shape index (κ2) is 7.12. The van der Waals surface area contributed by atoms with Gasteiger partial charge in [0.05, 0.1) is 0 Å². The van der Waals surface area contributed by atoms with Crippen molar-refractivity contribution >= 4 is 11.7 Å². The van der Waals surface area contributed by atoms with Gasteiger partial charge in [-0.3, -0.25) is 4.79 Å². The number of benzene rings is 2. The monoisotopic (exact) mass is 243 g/mol. The van der Waals surface area contributed by atoms with Gasteiger partial charge < -0.3 is 10.8 Å². The molecule has 0 saturated heterocycles. The van der Waals surface area contributed by atoms with Crippen LogP contribution >= 0.6 is 0 Å². The maximum Gasteiger partial charge on any atom is 0.300 e. The molecule has 0 radical (unpaired) electrons. The molecule has 0 bridgehead atoms. The van der Waals surface area contributed by atoms with Gasteiger partial charge in [0.1, 0.15) is 0 Å². The predicted molar refractivity (Wildman–Crippen MR) is 73.4 cm³/mol. The lowest BCUT2D eigenvalue weighted by molar-refractivity contribution is -0.134. The molecule has 0 unspecified atom stereocenters. The van der Waals surface area contributed by atoms with Crippen molar-refractivity contribution < 1.29 is 9.90 Å². The number of carboxylic acids is 1. The van der Waals surface area contributed by atoms with Gasteiger partial charge in [0.2, 0.25) is 0 Å². The smallest absolute Gasteiger partial charge is 0.300 e. The van der Waals surface area contributed by atoms with Gasteiger partial charge in [-0.25, -0.2) is 0 Å². The Hall–Kier alpha value is -2.29. The van der Waals surface area contributed by atoms with Gasteiger partial charge in [-0.15, -0.1) is 0 Å². The van der Waals surface area contributed by atoms with Crippen LogP contribution in [0.4, 0.5) is 5.69 Å². The van der Waals surface area contributed by atoms with Crippen molar-refractivity contribution in [2.75, 3.05) is 5.73 Å². The minimum atomic E-state index is -0.833. The maximum absolute atomic E-state index is 9.00. The van der Waals surface area contributed by atoms with Crippen LogP contribution in [-0.2, 0) is 11.2 Å². The van der Waals surface area contributed by atoms with E-state index in [-0.39, 0.29) is 0 Å². The molecule has 0 atom stereocenters. The number of hydrogen-bond donors (Lipinski definition) is 2. The summed E-state index contributed by atoms with van der Waals surface area (Å²) in [6.07, 6.45) is 0.910. The zero-order valence-electron chi connectivity index (χ0n) is 10.3. The topological polar surface area (TPSA) is 63.3 Å². The second-order valence-corrected chi connectivity index (χ2v) is 3.88. The molecule has 0 aromatic heterocycles. The molecule has 18 heavy (non-hydrogen) atoms. The summed E-state index contributed by atoms with van der Waals surface area (Å²) in [5.74, 6) is -0.833. The van der Waals surface area contributed by atoms with E-state index in [1.165, 1.54) is 11.1 Å². The average molecular weight is 243 g/mol. The Labute approximate surface area is 107 Å². The number of carbonyl (C=O) groups is 1. The fourth-order valence-corrected chi connectivity index (χ4v) is 1.51. The molecular weight excluding hydrogens is 226 g/mol. The summed E-state index contributed by atoms with van der Waals surface area (Å²) in [6.45, 7) is 1.08. The van der Waals surface area contributed by atoms with Gasteiger partial charge in [-0.1, -0.05) is 48.5 Å². The molecule has 2 rings (SSSR count). The second-order valence-electron chi connectivity index (χ2n) is 3.88. The summed E-state index contributed by atoms with van der Waals surface area (Å²) >= 11 is 0. The van der Waals surface area contributed by atoms with Gasteiger partial charge >= 0.3 is 0 Å². The van der Waals surface area contributed by atoms with Crippen molar-refractivity contribution in [1.82, 2.24) is 0 Å². The van der Waals surface area contributed by atoms with Crippen molar-refractivity contribution in [2.24, 2.45) is 0 Å². The fourth-order valence-electron chi connectivity index (χ4n) is 1.51. The van der Waals surface area contributed by atoms with Gasteiger partial charge in [0.25, 0.3) is 5.97 Å². The first-order valence-electron chi connectivity index (χ1n) is 5.66. The number of aliphatic carboxylic acids is 1. The number of nitrogens with two attached hydrogens (primary N) is 1. The molecule has 3 heteroatoms. The van der Waals surface area contributed by atoms with E-state index < -0.39 is 5.97 Å². The molecule has 0 saturated carbocycles. The molecule has 0 heterocycles. The van der Waals surface area contributed by atoms with Gasteiger partial charge in [0.15, 0.2) is 0 Å². The van der Waals surface area contributed by atoms with Crippen LogP contribution < -0.4 is 5.73 Å². The van der Waals surface area contributed by atoms with E-state index in [2.05, 4.69) is 30.3 Å². The lowest BCUT2D eigenvalue weighted by atomic mass is 10.0.